The molecule has 3 rings (SSSR count). The first kappa shape index (κ1) is 20.9. The predicted octanol–water partition coefficient (Wildman–Crippen LogP) is 8.07. The highest BCUT2D eigenvalue weighted by molar-refractivity contribution is 5.66. The fourth-order valence-electron chi connectivity index (χ4n) is 4.42. The lowest BCUT2D eigenvalue weighted by molar-refractivity contribution is 0.177. The number of halogens is 4. The third kappa shape index (κ3) is 3.97. The van der Waals surface area contributed by atoms with Gasteiger partial charge in [0.05, 0.1) is 0 Å². The van der Waals surface area contributed by atoms with E-state index in [9.17, 15) is 17.6 Å². The van der Waals surface area contributed by atoms with Gasteiger partial charge < -0.3 is 0 Å². The van der Waals surface area contributed by atoms with Gasteiger partial charge in [-0.25, -0.2) is 17.6 Å². The molecule has 0 unspecified atom stereocenters. The molecule has 0 heterocycles. The van der Waals surface area contributed by atoms with Crippen LogP contribution >= 0.6 is 0 Å². The summed E-state index contributed by atoms with van der Waals surface area (Å²) in [4.78, 5) is 0. The van der Waals surface area contributed by atoms with Gasteiger partial charge in [0.25, 0.3) is 0 Å². The Balaban J connectivity index is 1.85. The van der Waals surface area contributed by atoms with E-state index in [-0.39, 0.29) is 28.0 Å². The van der Waals surface area contributed by atoms with Crippen LogP contribution in [0, 0.1) is 35.6 Å². The van der Waals surface area contributed by atoms with Gasteiger partial charge in [0, 0.05) is 11.1 Å². The number of aryl methyl sites for hydroxylation is 1. The summed E-state index contributed by atoms with van der Waals surface area (Å²) >= 11 is 0. The minimum atomic E-state index is -1.14. The SMILES string of the molecule is CCCCC1(C)CCC(c2ccc(-c3ccc(C)c(F)c3F)c(F)c2F)CC1. The summed E-state index contributed by atoms with van der Waals surface area (Å²) in [5, 5.41) is 0. The highest BCUT2D eigenvalue weighted by Gasteiger charge is 2.33. The van der Waals surface area contributed by atoms with Crippen molar-refractivity contribution in [3.05, 3.63) is 58.7 Å². The molecule has 2 aromatic rings. The molecule has 0 aromatic heterocycles. The van der Waals surface area contributed by atoms with Gasteiger partial charge in [-0.15, -0.1) is 0 Å². The molecule has 4 heteroatoms. The van der Waals surface area contributed by atoms with Crippen LogP contribution in [0.1, 0.15) is 75.8 Å². The van der Waals surface area contributed by atoms with Gasteiger partial charge in [-0.2, -0.15) is 0 Å². The predicted molar refractivity (Wildman–Crippen MR) is 105 cm³/mol. The van der Waals surface area contributed by atoms with E-state index in [2.05, 4.69) is 13.8 Å². The van der Waals surface area contributed by atoms with E-state index in [1.165, 1.54) is 38.0 Å². The Morgan fingerprint density at radius 1 is 0.857 bits per heavy atom. The molecular weight excluding hydrogens is 364 g/mol. The summed E-state index contributed by atoms with van der Waals surface area (Å²) in [6.45, 7) is 5.89. The van der Waals surface area contributed by atoms with Gasteiger partial charge in [-0.3, -0.25) is 0 Å². The van der Waals surface area contributed by atoms with Crippen LogP contribution in [0.4, 0.5) is 17.6 Å². The zero-order valence-corrected chi connectivity index (χ0v) is 16.8. The van der Waals surface area contributed by atoms with Crippen molar-refractivity contribution in [2.24, 2.45) is 5.41 Å². The average Bonchev–Trinajstić information content (AvgIpc) is 2.68. The topological polar surface area (TPSA) is 0 Å². The maximum absolute atomic E-state index is 14.8. The van der Waals surface area contributed by atoms with Gasteiger partial charge in [-0.05, 0) is 61.5 Å². The normalized spacial score (nSPS) is 22.5. The molecular formula is C24H28F4. The Kier molecular flexibility index (Phi) is 6.16. The van der Waals surface area contributed by atoms with Crippen molar-refractivity contribution in [2.75, 3.05) is 0 Å². The van der Waals surface area contributed by atoms with Crippen LogP contribution in [0.25, 0.3) is 11.1 Å². The molecule has 28 heavy (non-hydrogen) atoms. The van der Waals surface area contributed by atoms with Crippen LogP contribution in [0.3, 0.4) is 0 Å². The van der Waals surface area contributed by atoms with E-state index in [1.54, 1.807) is 6.07 Å². The number of benzene rings is 2. The van der Waals surface area contributed by atoms with E-state index < -0.39 is 23.3 Å². The van der Waals surface area contributed by atoms with Crippen molar-refractivity contribution in [1.29, 1.82) is 0 Å². The lowest BCUT2D eigenvalue weighted by Crippen LogP contribution is -2.24. The molecule has 0 bridgehead atoms. The summed E-state index contributed by atoms with van der Waals surface area (Å²) < 4.78 is 57.7. The van der Waals surface area contributed by atoms with E-state index in [1.807, 2.05) is 0 Å². The molecule has 1 fully saturated rings. The second-order valence-electron chi connectivity index (χ2n) is 8.58. The van der Waals surface area contributed by atoms with E-state index in [0.717, 1.165) is 32.1 Å². The van der Waals surface area contributed by atoms with E-state index in [0.29, 0.717) is 5.56 Å². The van der Waals surface area contributed by atoms with Crippen molar-refractivity contribution in [3.63, 3.8) is 0 Å². The largest absolute Gasteiger partial charge is 0.203 e. The second kappa shape index (κ2) is 8.26. The number of hydrogen-bond donors (Lipinski definition) is 0. The van der Waals surface area contributed by atoms with Gasteiger partial charge in [-0.1, -0.05) is 51.0 Å². The van der Waals surface area contributed by atoms with Crippen LogP contribution in [-0.4, -0.2) is 0 Å². The first-order valence-corrected chi connectivity index (χ1v) is 10.2. The molecule has 0 aliphatic heterocycles. The molecule has 0 spiro atoms. The summed E-state index contributed by atoms with van der Waals surface area (Å²) in [5.74, 6) is -4.23. The third-order valence-corrected chi connectivity index (χ3v) is 6.44. The van der Waals surface area contributed by atoms with E-state index >= 15 is 0 Å². The van der Waals surface area contributed by atoms with Crippen molar-refractivity contribution < 1.29 is 17.6 Å². The molecule has 2 aromatic carbocycles. The van der Waals surface area contributed by atoms with Gasteiger partial charge in [0.15, 0.2) is 23.3 Å². The molecule has 1 saturated carbocycles. The van der Waals surface area contributed by atoms with Crippen LogP contribution in [0.5, 0.6) is 0 Å². The molecule has 1 aliphatic carbocycles. The Bertz CT molecular complexity index is 848. The Morgan fingerprint density at radius 3 is 2.04 bits per heavy atom. The standard InChI is InChI=1S/C24H28F4/c1-4-5-12-24(3)13-10-16(11-14-24)17-8-9-19(23(28)21(17)26)18-7-6-15(2)20(25)22(18)27/h6-9,16H,4-5,10-14H2,1-3H3. The average molecular weight is 392 g/mol. The summed E-state index contributed by atoms with van der Waals surface area (Å²) in [5.41, 5.74) is 0.284. The molecule has 0 nitrogen and oxygen atoms in total. The van der Waals surface area contributed by atoms with Crippen LogP contribution < -0.4 is 0 Å². The molecule has 0 amide bonds. The fourth-order valence-corrected chi connectivity index (χ4v) is 4.42. The molecule has 0 N–H and O–H groups in total. The maximum Gasteiger partial charge on any atom is 0.167 e. The monoisotopic (exact) mass is 392 g/mol. The molecule has 0 radical (unpaired) electrons. The zero-order chi connectivity index (χ0) is 20.5. The quantitative estimate of drug-likeness (QED) is 0.451. The third-order valence-electron chi connectivity index (χ3n) is 6.44. The van der Waals surface area contributed by atoms with Crippen molar-refractivity contribution in [3.8, 4) is 11.1 Å². The molecule has 152 valence electrons. The van der Waals surface area contributed by atoms with Crippen molar-refractivity contribution in [1.82, 2.24) is 0 Å². The van der Waals surface area contributed by atoms with Crippen LogP contribution in [0.2, 0.25) is 0 Å². The van der Waals surface area contributed by atoms with Gasteiger partial charge >= 0.3 is 0 Å². The summed E-state index contributed by atoms with van der Waals surface area (Å²) in [7, 11) is 0. The molecule has 0 saturated heterocycles. The lowest BCUT2D eigenvalue weighted by atomic mass is 9.68. The number of hydrogen-bond acceptors (Lipinski definition) is 0. The number of unbranched alkanes of at least 4 members (excludes halogenated alkanes) is 1. The highest BCUT2D eigenvalue weighted by Crippen LogP contribution is 2.46. The highest BCUT2D eigenvalue weighted by atomic mass is 19.2. The fraction of sp³-hybridized carbons (Fsp3) is 0.500. The van der Waals surface area contributed by atoms with Crippen molar-refractivity contribution >= 4 is 0 Å². The van der Waals surface area contributed by atoms with Crippen molar-refractivity contribution in [2.45, 2.75) is 71.6 Å². The van der Waals surface area contributed by atoms with Gasteiger partial charge in [0.2, 0.25) is 0 Å². The first-order valence-electron chi connectivity index (χ1n) is 10.2. The minimum absolute atomic E-state index is 0.0298. The minimum Gasteiger partial charge on any atom is -0.203 e. The molecule has 0 atom stereocenters. The second-order valence-corrected chi connectivity index (χ2v) is 8.58. The molecule has 1 aliphatic rings. The summed E-state index contributed by atoms with van der Waals surface area (Å²) in [6, 6.07) is 5.60. The zero-order valence-electron chi connectivity index (χ0n) is 16.8. The smallest absolute Gasteiger partial charge is 0.167 e. The first-order chi connectivity index (χ1) is 13.3. The van der Waals surface area contributed by atoms with Crippen LogP contribution in [0.15, 0.2) is 24.3 Å². The van der Waals surface area contributed by atoms with Crippen LogP contribution in [-0.2, 0) is 0 Å². The summed E-state index contributed by atoms with van der Waals surface area (Å²) in [6.07, 6.45) is 7.17. The number of rotatable bonds is 5. The van der Waals surface area contributed by atoms with E-state index in [4.69, 9.17) is 0 Å². The lowest BCUT2D eigenvalue weighted by Gasteiger charge is -2.38. The van der Waals surface area contributed by atoms with Gasteiger partial charge in [0.1, 0.15) is 0 Å². The Labute approximate surface area is 165 Å². The Hall–Kier alpha value is -1.84. The Morgan fingerprint density at radius 2 is 1.43 bits per heavy atom. The maximum atomic E-state index is 14.8.